The Bertz CT molecular complexity index is 1940. The van der Waals surface area contributed by atoms with Gasteiger partial charge in [-0.3, -0.25) is 9.36 Å². The molecule has 11 nitrogen and oxygen atoms in total. The fraction of sp³-hybridized carbons (Fsp3) is 0.296. The summed E-state index contributed by atoms with van der Waals surface area (Å²) in [5.41, 5.74) is 1.76. The maximum Gasteiger partial charge on any atom is 0.405 e. The van der Waals surface area contributed by atoms with Gasteiger partial charge < -0.3 is 10.1 Å². The van der Waals surface area contributed by atoms with Crippen LogP contribution in [0.25, 0.3) is 33.6 Å². The summed E-state index contributed by atoms with van der Waals surface area (Å²) in [6.07, 6.45) is -0.367. The zero-order valence-corrected chi connectivity index (χ0v) is 25.5. The number of aromatic nitrogens is 6. The molecule has 0 aliphatic heterocycles. The van der Waals surface area contributed by atoms with Gasteiger partial charge in [0.2, 0.25) is 5.91 Å². The minimum Gasteiger partial charge on any atom is -0.374 e. The van der Waals surface area contributed by atoms with Crippen LogP contribution in [-0.4, -0.2) is 62.1 Å². The van der Waals surface area contributed by atoms with Crippen LogP contribution in [-0.2, 0) is 26.2 Å². The van der Waals surface area contributed by atoms with E-state index in [1.54, 1.807) is 25.1 Å². The quantitative estimate of drug-likeness (QED) is 0.232. The van der Waals surface area contributed by atoms with E-state index in [0.717, 1.165) is 9.54 Å². The molecule has 0 radical (unpaired) electrons. The number of carbonyl (C=O) groups is 1. The number of halogens is 4. The van der Waals surface area contributed by atoms with Crippen LogP contribution in [0, 0.1) is 6.92 Å². The maximum atomic E-state index is 13.7. The number of nitrogens with one attached hydrogen (secondary N) is 1. The molecule has 5 aromatic rings. The van der Waals surface area contributed by atoms with Crippen LogP contribution in [0.1, 0.15) is 31.3 Å². The molecule has 0 fully saturated rings. The normalized spacial score (nSPS) is 13.1. The number of aryl methyl sites for hydroxylation is 1. The number of hydrogen-bond acceptors (Lipinski definition) is 8. The first-order valence-corrected chi connectivity index (χ1v) is 15.2. The molecule has 0 saturated carbocycles. The van der Waals surface area contributed by atoms with E-state index in [1.165, 1.54) is 42.2 Å². The largest absolute Gasteiger partial charge is 0.405 e. The molecule has 5 rings (SSSR count). The molecule has 4 aromatic heterocycles. The second-order valence-electron chi connectivity index (χ2n) is 9.63. The van der Waals surface area contributed by atoms with Crippen LogP contribution < -0.4 is 5.32 Å². The number of pyridine rings is 1. The third-order valence-corrected chi connectivity index (χ3v) is 8.67. The molecule has 1 aromatic carbocycles. The van der Waals surface area contributed by atoms with Crippen molar-refractivity contribution in [1.82, 2.24) is 33.8 Å². The topological polar surface area (TPSA) is 134 Å². The summed E-state index contributed by atoms with van der Waals surface area (Å²) in [5.74, 6) is -0.558. The number of carbonyl (C=O) groups excluding carboxylic acids is 1. The molecule has 0 saturated heterocycles. The molecule has 226 valence electrons. The Hall–Kier alpha value is -3.89. The Kier molecular flexibility index (Phi) is 8.28. The number of rotatable bonds is 9. The predicted molar refractivity (Wildman–Crippen MR) is 155 cm³/mol. The lowest BCUT2D eigenvalue weighted by atomic mass is 10.2. The molecule has 0 aliphatic rings. The first-order valence-electron chi connectivity index (χ1n) is 13.0. The minimum atomic E-state index is -4.59. The van der Waals surface area contributed by atoms with Crippen molar-refractivity contribution in [2.24, 2.45) is 0 Å². The van der Waals surface area contributed by atoms with Gasteiger partial charge in [0.15, 0.2) is 17.1 Å². The van der Waals surface area contributed by atoms with Gasteiger partial charge in [0.1, 0.15) is 30.5 Å². The Morgan fingerprint density at radius 3 is 2.51 bits per heavy atom. The first-order chi connectivity index (χ1) is 20.3. The standard InChI is InChI=1S/C27H25BrF3N7O4S/c1-4-42-13-22-35-21-11-32-23(36-25(21)38(22)16(3)26(39)34-14-27(29,30)31)20-12-37(24-19(20)9-17(28)10-33-24)43(40,41)18-7-5-15(2)6-8-18/h5-12,16H,4,13-14H2,1-3H3,(H,34,39). The van der Waals surface area contributed by atoms with Gasteiger partial charge in [-0.05, 0) is 54.9 Å². The lowest BCUT2D eigenvalue weighted by Crippen LogP contribution is -2.38. The second-order valence-corrected chi connectivity index (χ2v) is 12.4. The van der Waals surface area contributed by atoms with E-state index in [4.69, 9.17) is 4.74 Å². The Morgan fingerprint density at radius 1 is 1.12 bits per heavy atom. The van der Waals surface area contributed by atoms with Gasteiger partial charge in [-0.15, -0.1) is 0 Å². The molecule has 0 spiro atoms. The number of ether oxygens (including phenoxy) is 1. The van der Waals surface area contributed by atoms with Gasteiger partial charge in [-0.1, -0.05) is 17.7 Å². The highest BCUT2D eigenvalue weighted by Gasteiger charge is 2.31. The molecular formula is C27H25BrF3N7O4S. The fourth-order valence-electron chi connectivity index (χ4n) is 4.46. The number of imidazole rings is 1. The van der Waals surface area contributed by atoms with E-state index >= 15 is 0 Å². The maximum absolute atomic E-state index is 13.7. The van der Waals surface area contributed by atoms with Crippen molar-refractivity contribution < 1.29 is 31.1 Å². The molecule has 0 bridgehead atoms. The molecule has 0 aliphatic carbocycles. The van der Waals surface area contributed by atoms with Gasteiger partial charge in [-0.2, -0.15) is 13.2 Å². The van der Waals surface area contributed by atoms with Crippen molar-refractivity contribution >= 4 is 54.1 Å². The third-order valence-electron chi connectivity index (χ3n) is 6.57. The highest BCUT2D eigenvalue weighted by atomic mass is 79.9. The van der Waals surface area contributed by atoms with Gasteiger partial charge in [0, 0.05) is 34.4 Å². The van der Waals surface area contributed by atoms with Crippen molar-refractivity contribution in [1.29, 1.82) is 0 Å². The predicted octanol–water partition coefficient (Wildman–Crippen LogP) is 4.93. The summed E-state index contributed by atoms with van der Waals surface area (Å²) in [6.45, 7) is 3.82. The summed E-state index contributed by atoms with van der Waals surface area (Å²) < 4.78 is 74.2. The number of fused-ring (bicyclic) bond motifs is 2. The van der Waals surface area contributed by atoms with Crippen LogP contribution >= 0.6 is 15.9 Å². The van der Waals surface area contributed by atoms with E-state index in [-0.39, 0.29) is 40.0 Å². The lowest BCUT2D eigenvalue weighted by Gasteiger charge is -2.17. The summed E-state index contributed by atoms with van der Waals surface area (Å²) in [5, 5.41) is 2.31. The number of nitrogens with zero attached hydrogens (tertiary/aromatic N) is 6. The van der Waals surface area contributed by atoms with Crippen LogP contribution in [0.5, 0.6) is 0 Å². The molecule has 1 unspecified atom stereocenters. The molecular weight excluding hydrogens is 655 g/mol. The lowest BCUT2D eigenvalue weighted by molar-refractivity contribution is -0.140. The average molecular weight is 681 g/mol. The summed E-state index contributed by atoms with van der Waals surface area (Å²) >= 11 is 3.38. The first kappa shape index (κ1) is 30.6. The summed E-state index contributed by atoms with van der Waals surface area (Å²) in [4.78, 5) is 30.7. The molecule has 1 N–H and O–H groups in total. The number of amides is 1. The van der Waals surface area contributed by atoms with Gasteiger partial charge in [0.05, 0.1) is 11.1 Å². The molecule has 43 heavy (non-hydrogen) atoms. The van der Waals surface area contributed by atoms with Gasteiger partial charge in [0.25, 0.3) is 10.0 Å². The molecule has 1 atom stereocenters. The van der Waals surface area contributed by atoms with Crippen molar-refractivity contribution in [2.75, 3.05) is 13.2 Å². The van der Waals surface area contributed by atoms with E-state index < -0.39 is 34.7 Å². The summed E-state index contributed by atoms with van der Waals surface area (Å²) in [6, 6.07) is 6.91. The van der Waals surface area contributed by atoms with E-state index in [2.05, 4.69) is 35.9 Å². The van der Waals surface area contributed by atoms with Crippen molar-refractivity contribution in [3.8, 4) is 11.4 Å². The molecule has 16 heteroatoms. The fourth-order valence-corrected chi connectivity index (χ4v) is 6.12. The SMILES string of the molecule is CCOCc1nc2cnc(-c3cn(S(=O)(=O)c4ccc(C)cc4)c4ncc(Br)cc34)nc2n1C(C)C(=O)NCC(F)(F)F. The van der Waals surface area contributed by atoms with Gasteiger partial charge in [-0.25, -0.2) is 32.3 Å². The molecule has 4 heterocycles. The van der Waals surface area contributed by atoms with E-state index in [1.807, 2.05) is 12.2 Å². The average Bonchev–Trinajstić information content (AvgIpc) is 3.52. The molecule has 1 amide bonds. The van der Waals surface area contributed by atoms with Crippen molar-refractivity contribution in [3.63, 3.8) is 0 Å². The van der Waals surface area contributed by atoms with Crippen LogP contribution in [0.2, 0.25) is 0 Å². The third kappa shape index (κ3) is 6.12. The zero-order chi connectivity index (χ0) is 31.1. The zero-order valence-electron chi connectivity index (χ0n) is 23.1. The number of benzene rings is 1. The monoisotopic (exact) mass is 679 g/mol. The Balaban J connectivity index is 1.67. The summed E-state index contributed by atoms with van der Waals surface area (Å²) in [7, 11) is -4.08. The second kappa shape index (κ2) is 11.7. The van der Waals surface area contributed by atoms with Crippen LogP contribution in [0.4, 0.5) is 13.2 Å². The van der Waals surface area contributed by atoms with E-state index in [0.29, 0.717) is 22.0 Å². The smallest absolute Gasteiger partial charge is 0.374 e. The highest BCUT2D eigenvalue weighted by Crippen LogP contribution is 2.33. The van der Waals surface area contributed by atoms with Gasteiger partial charge >= 0.3 is 6.18 Å². The van der Waals surface area contributed by atoms with Crippen molar-refractivity contribution in [2.45, 2.75) is 44.5 Å². The van der Waals surface area contributed by atoms with Crippen LogP contribution in [0.15, 0.2) is 58.3 Å². The van der Waals surface area contributed by atoms with Crippen molar-refractivity contribution in [3.05, 3.63) is 64.8 Å². The minimum absolute atomic E-state index is 0.0376. The number of hydrogen-bond donors (Lipinski definition) is 1. The Morgan fingerprint density at radius 2 is 1.84 bits per heavy atom. The van der Waals surface area contributed by atoms with Crippen LogP contribution in [0.3, 0.4) is 0 Å². The van der Waals surface area contributed by atoms with E-state index in [9.17, 15) is 26.4 Å². The number of alkyl halides is 3. The Labute approximate surface area is 252 Å². The highest BCUT2D eigenvalue weighted by molar-refractivity contribution is 9.10.